The fourth-order valence-corrected chi connectivity index (χ4v) is 3.19. The molecule has 0 spiro atoms. The van der Waals surface area contributed by atoms with E-state index in [1.807, 2.05) is 40.1 Å². The molecule has 128 valence electrons. The number of hydrogen-bond acceptors (Lipinski definition) is 4. The van der Waals surface area contributed by atoms with Gasteiger partial charge in [-0.1, -0.05) is 13.8 Å². The summed E-state index contributed by atoms with van der Waals surface area (Å²) in [5, 5.41) is 0. The molecule has 6 heteroatoms. The van der Waals surface area contributed by atoms with E-state index in [-0.39, 0.29) is 5.92 Å². The zero-order valence-corrected chi connectivity index (χ0v) is 14.4. The molecule has 0 saturated carbocycles. The van der Waals surface area contributed by atoms with Gasteiger partial charge in [0.15, 0.2) is 0 Å². The molecule has 1 aliphatic rings. The van der Waals surface area contributed by atoms with Crippen LogP contribution >= 0.6 is 0 Å². The number of carbonyl (C=O) groups is 1. The molecule has 6 nitrogen and oxygen atoms in total. The van der Waals surface area contributed by atoms with E-state index in [9.17, 15) is 4.79 Å². The topological polar surface area (TPSA) is 54.3 Å². The second-order valence-electron chi connectivity index (χ2n) is 6.15. The lowest BCUT2D eigenvalue weighted by atomic mass is 10.0. The Morgan fingerprint density at radius 2 is 1.67 bits per heavy atom. The number of hydrogen-bond donors (Lipinski definition) is 0. The molecule has 0 bridgehead atoms. The first-order chi connectivity index (χ1) is 11.7. The number of nitrogens with zero attached hydrogens (tertiary/aromatic N) is 5. The molecule has 1 amide bonds. The standard InChI is InChI=1S/C18H25N5O/c1-3-15(4-2)18(24)23-11-9-22(10-12-23)17-13-16(19-14-20-17)21-7-5-6-8-21/h5-8,13-15H,3-4,9-12H2,1-2H3. The molecule has 1 fully saturated rings. The van der Waals surface area contributed by atoms with Crippen LogP contribution in [0.2, 0.25) is 0 Å². The van der Waals surface area contributed by atoms with Gasteiger partial charge in [0, 0.05) is 50.6 Å². The molecule has 1 saturated heterocycles. The molecule has 2 aromatic rings. The summed E-state index contributed by atoms with van der Waals surface area (Å²) in [7, 11) is 0. The van der Waals surface area contributed by atoms with Crippen LogP contribution in [0, 0.1) is 5.92 Å². The molecule has 0 N–H and O–H groups in total. The summed E-state index contributed by atoms with van der Waals surface area (Å²) in [6, 6.07) is 5.95. The molecule has 24 heavy (non-hydrogen) atoms. The Morgan fingerprint density at radius 1 is 1.04 bits per heavy atom. The van der Waals surface area contributed by atoms with E-state index in [0.29, 0.717) is 5.91 Å². The molecule has 2 aromatic heterocycles. The highest BCUT2D eigenvalue weighted by Gasteiger charge is 2.26. The van der Waals surface area contributed by atoms with E-state index in [1.165, 1.54) is 0 Å². The zero-order chi connectivity index (χ0) is 16.9. The number of piperazine rings is 1. The summed E-state index contributed by atoms with van der Waals surface area (Å²) in [6.07, 6.45) is 7.38. The van der Waals surface area contributed by atoms with Gasteiger partial charge in [0.05, 0.1) is 0 Å². The van der Waals surface area contributed by atoms with Crippen LogP contribution in [0.3, 0.4) is 0 Å². The van der Waals surface area contributed by atoms with Gasteiger partial charge in [0.2, 0.25) is 5.91 Å². The Balaban J connectivity index is 1.65. The lowest BCUT2D eigenvalue weighted by Gasteiger charge is -2.36. The van der Waals surface area contributed by atoms with Gasteiger partial charge in [-0.2, -0.15) is 0 Å². The van der Waals surface area contributed by atoms with Crippen LogP contribution in [-0.4, -0.2) is 51.5 Å². The minimum absolute atomic E-state index is 0.163. The average Bonchev–Trinajstić information content (AvgIpc) is 3.18. The molecule has 0 aromatic carbocycles. The second-order valence-corrected chi connectivity index (χ2v) is 6.15. The lowest BCUT2D eigenvalue weighted by Crippen LogP contribution is -2.50. The predicted molar refractivity (Wildman–Crippen MR) is 94.2 cm³/mol. The van der Waals surface area contributed by atoms with E-state index in [1.54, 1.807) is 6.33 Å². The van der Waals surface area contributed by atoms with Crippen molar-refractivity contribution in [1.29, 1.82) is 0 Å². The van der Waals surface area contributed by atoms with Crippen molar-refractivity contribution in [3.8, 4) is 5.82 Å². The normalized spacial score (nSPS) is 15.1. The van der Waals surface area contributed by atoms with Crippen LogP contribution in [0.1, 0.15) is 26.7 Å². The largest absolute Gasteiger partial charge is 0.353 e. The number of aromatic nitrogens is 3. The molecule has 3 rings (SSSR count). The van der Waals surface area contributed by atoms with Gasteiger partial charge in [-0.15, -0.1) is 0 Å². The van der Waals surface area contributed by atoms with Crippen molar-refractivity contribution in [2.75, 3.05) is 31.1 Å². The molecule has 3 heterocycles. The maximum atomic E-state index is 12.5. The number of amides is 1. The first-order valence-electron chi connectivity index (χ1n) is 8.72. The second kappa shape index (κ2) is 7.47. The zero-order valence-electron chi connectivity index (χ0n) is 14.4. The van der Waals surface area contributed by atoms with Crippen molar-refractivity contribution in [2.24, 2.45) is 5.92 Å². The minimum Gasteiger partial charge on any atom is -0.353 e. The maximum absolute atomic E-state index is 12.5. The summed E-state index contributed by atoms with van der Waals surface area (Å²) >= 11 is 0. The van der Waals surface area contributed by atoms with E-state index < -0.39 is 0 Å². The third kappa shape index (κ3) is 3.42. The molecule has 1 aliphatic heterocycles. The summed E-state index contributed by atoms with van der Waals surface area (Å²) in [6.45, 7) is 7.33. The smallest absolute Gasteiger partial charge is 0.225 e. The van der Waals surface area contributed by atoms with E-state index in [2.05, 4.69) is 28.7 Å². The Kier molecular flexibility index (Phi) is 5.13. The quantitative estimate of drug-likeness (QED) is 0.846. The third-order valence-electron chi connectivity index (χ3n) is 4.76. The van der Waals surface area contributed by atoms with Gasteiger partial charge in [-0.25, -0.2) is 9.97 Å². The number of rotatable bonds is 5. The molecule has 0 unspecified atom stereocenters. The first kappa shape index (κ1) is 16.5. The van der Waals surface area contributed by atoms with Crippen molar-refractivity contribution in [2.45, 2.75) is 26.7 Å². The van der Waals surface area contributed by atoms with Crippen molar-refractivity contribution in [3.63, 3.8) is 0 Å². The molecule has 0 atom stereocenters. The van der Waals surface area contributed by atoms with Gasteiger partial charge in [0.1, 0.15) is 18.0 Å². The fourth-order valence-electron chi connectivity index (χ4n) is 3.19. The highest BCUT2D eigenvalue weighted by atomic mass is 16.2. The molecular formula is C18H25N5O. The Hall–Kier alpha value is -2.37. The highest BCUT2D eigenvalue weighted by Crippen LogP contribution is 2.18. The fraction of sp³-hybridized carbons (Fsp3) is 0.500. The summed E-state index contributed by atoms with van der Waals surface area (Å²) in [5.41, 5.74) is 0. The summed E-state index contributed by atoms with van der Waals surface area (Å²) in [5.74, 6) is 2.25. The maximum Gasteiger partial charge on any atom is 0.225 e. The van der Waals surface area contributed by atoms with Gasteiger partial charge in [-0.3, -0.25) is 4.79 Å². The number of anilines is 1. The van der Waals surface area contributed by atoms with Gasteiger partial charge < -0.3 is 14.4 Å². The van der Waals surface area contributed by atoms with Crippen LogP contribution in [0.25, 0.3) is 5.82 Å². The van der Waals surface area contributed by atoms with Crippen LogP contribution in [0.15, 0.2) is 36.9 Å². The minimum atomic E-state index is 0.163. The van der Waals surface area contributed by atoms with Crippen molar-refractivity contribution in [1.82, 2.24) is 19.4 Å². The summed E-state index contributed by atoms with van der Waals surface area (Å²) < 4.78 is 1.97. The van der Waals surface area contributed by atoms with Crippen LogP contribution in [-0.2, 0) is 4.79 Å². The Labute approximate surface area is 143 Å². The lowest BCUT2D eigenvalue weighted by molar-refractivity contribution is -0.136. The van der Waals surface area contributed by atoms with Crippen LogP contribution < -0.4 is 4.90 Å². The SMILES string of the molecule is CCC(CC)C(=O)N1CCN(c2cc(-n3cccc3)ncn2)CC1. The van der Waals surface area contributed by atoms with Crippen molar-refractivity contribution < 1.29 is 4.79 Å². The summed E-state index contributed by atoms with van der Waals surface area (Å²) in [4.78, 5) is 25.5. The Bertz CT molecular complexity index is 658. The average molecular weight is 327 g/mol. The molecular weight excluding hydrogens is 302 g/mol. The van der Waals surface area contributed by atoms with E-state index in [0.717, 1.165) is 50.7 Å². The molecule has 0 aliphatic carbocycles. The third-order valence-corrected chi connectivity index (χ3v) is 4.76. The van der Waals surface area contributed by atoms with Crippen LogP contribution in [0.5, 0.6) is 0 Å². The van der Waals surface area contributed by atoms with Crippen molar-refractivity contribution in [3.05, 3.63) is 36.9 Å². The highest BCUT2D eigenvalue weighted by molar-refractivity contribution is 5.79. The van der Waals surface area contributed by atoms with Gasteiger partial charge in [-0.05, 0) is 25.0 Å². The predicted octanol–water partition coefficient (Wildman–Crippen LogP) is 2.35. The van der Waals surface area contributed by atoms with Crippen molar-refractivity contribution >= 4 is 11.7 Å². The van der Waals surface area contributed by atoms with Crippen LogP contribution in [0.4, 0.5) is 5.82 Å². The Morgan fingerprint density at radius 3 is 2.29 bits per heavy atom. The van der Waals surface area contributed by atoms with Gasteiger partial charge in [0.25, 0.3) is 0 Å². The monoisotopic (exact) mass is 327 g/mol. The van der Waals surface area contributed by atoms with E-state index >= 15 is 0 Å². The first-order valence-corrected chi connectivity index (χ1v) is 8.72. The van der Waals surface area contributed by atoms with E-state index in [4.69, 9.17) is 0 Å². The van der Waals surface area contributed by atoms with Gasteiger partial charge >= 0.3 is 0 Å². The molecule has 0 radical (unpaired) electrons. The number of carbonyl (C=O) groups excluding carboxylic acids is 1.